The zero-order valence-electron chi connectivity index (χ0n) is 19.2. The summed E-state index contributed by atoms with van der Waals surface area (Å²) in [6, 6.07) is 11.6. The molecule has 2 aliphatic heterocycles. The molecule has 37 heavy (non-hydrogen) atoms. The van der Waals surface area contributed by atoms with Gasteiger partial charge in [0.15, 0.2) is 11.5 Å². The van der Waals surface area contributed by atoms with Crippen LogP contribution in [0.2, 0.25) is 0 Å². The van der Waals surface area contributed by atoms with Crippen LogP contribution in [0.25, 0.3) is 17.1 Å². The number of nitrogens with one attached hydrogen (secondary N) is 3. The third-order valence-electron chi connectivity index (χ3n) is 6.34. The summed E-state index contributed by atoms with van der Waals surface area (Å²) in [5.41, 5.74) is 3.10. The molecule has 1 fully saturated rings. The molecule has 0 bridgehead atoms. The van der Waals surface area contributed by atoms with E-state index in [-0.39, 0.29) is 30.5 Å². The van der Waals surface area contributed by atoms with Crippen molar-refractivity contribution < 1.29 is 19.2 Å². The predicted octanol–water partition coefficient (Wildman–Crippen LogP) is 1.07. The molecule has 1 saturated heterocycles. The average molecular weight is 497 g/mol. The maximum atomic E-state index is 12.9. The smallest absolute Gasteiger partial charge is 0.277 e. The minimum absolute atomic E-state index is 0.0918. The van der Waals surface area contributed by atoms with Crippen molar-refractivity contribution in [1.82, 2.24) is 40.4 Å². The Balaban J connectivity index is 1.20. The molecule has 4 heterocycles. The highest BCUT2D eigenvalue weighted by molar-refractivity contribution is 6.06. The van der Waals surface area contributed by atoms with Crippen molar-refractivity contribution in [2.24, 2.45) is 0 Å². The molecular formula is C24H19N9O4. The Morgan fingerprint density at radius 2 is 1.95 bits per heavy atom. The molecule has 4 aromatic rings. The van der Waals surface area contributed by atoms with Crippen LogP contribution >= 0.6 is 0 Å². The van der Waals surface area contributed by atoms with Crippen LogP contribution in [0.1, 0.15) is 39.3 Å². The number of rotatable bonds is 5. The van der Waals surface area contributed by atoms with E-state index in [4.69, 9.17) is 0 Å². The number of piperidine rings is 1. The molecule has 13 heteroatoms. The third-order valence-corrected chi connectivity index (χ3v) is 6.34. The van der Waals surface area contributed by atoms with Gasteiger partial charge in [0.25, 0.3) is 11.8 Å². The van der Waals surface area contributed by atoms with Crippen LogP contribution in [-0.2, 0) is 16.1 Å². The number of carbonyl (C=O) groups is 4. The van der Waals surface area contributed by atoms with Gasteiger partial charge in [-0.15, -0.1) is 5.10 Å². The fourth-order valence-corrected chi connectivity index (χ4v) is 4.52. The topological polar surface area (TPSA) is 168 Å². The highest BCUT2D eigenvalue weighted by Crippen LogP contribution is 2.29. The van der Waals surface area contributed by atoms with Gasteiger partial charge in [-0.3, -0.25) is 29.6 Å². The zero-order chi connectivity index (χ0) is 25.5. The molecule has 1 unspecified atom stereocenters. The van der Waals surface area contributed by atoms with Crippen LogP contribution in [0.5, 0.6) is 0 Å². The third kappa shape index (κ3) is 4.01. The second-order valence-corrected chi connectivity index (χ2v) is 8.62. The number of H-pyrrole nitrogens is 1. The van der Waals surface area contributed by atoms with E-state index in [0.717, 1.165) is 5.56 Å². The number of amides is 4. The first kappa shape index (κ1) is 22.3. The highest BCUT2D eigenvalue weighted by Gasteiger charge is 2.39. The van der Waals surface area contributed by atoms with Crippen LogP contribution in [0, 0.1) is 0 Å². The number of para-hydroxylation sites is 1. The van der Waals surface area contributed by atoms with Crippen molar-refractivity contribution in [3.8, 4) is 17.1 Å². The van der Waals surface area contributed by atoms with E-state index in [9.17, 15) is 19.2 Å². The number of fused-ring (bicyclic) bond motifs is 1. The fraction of sp³-hybridized carbons (Fsp3) is 0.167. The van der Waals surface area contributed by atoms with Gasteiger partial charge in [0.05, 0.1) is 17.6 Å². The molecule has 0 saturated carbocycles. The molecular weight excluding hydrogens is 478 g/mol. The number of aromatic amines is 1. The van der Waals surface area contributed by atoms with Gasteiger partial charge in [0.2, 0.25) is 11.8 Å². The molecule has 3 N–H and O–H groups in total. The van der Waals surface area contributed by atoms with Gasteiger partial charge >= 0.3 is 0 Å². The number of imide groups is 1. The van der Waals surface area contributed by atoms with Crippen LogP contribution in [0.3, 0.4) is 0 Å². The van der Waals surface area contributed by atoms with Crippen LogP contribution in [-0.4, -0.2) is 64.7 Å². The molecule has 184 valence electrons. The SMILES string of the molecule is O=C1CCC(N2Cc3cc(-n4cc(C(=O)Nc5ccccc5-c5ncn[nH]5)nn4)ccc3C2=O)C(=O)N1. The van der Waals surface area contributed by atoms with Crippen molar-refractivity contribution in [1.29, 1.82) is 0 Å². The lowest BCUT2D eigenvalue weighted by molar-refractivity contribution is -0.136. The van der Waals surface area contributed by atoms with Gasteiger partial charge in [-0.2, -0.15) is 5.10 Å². The summed E-state index contributed by atoms with van der Waals surface area (Å²) >= 11 is 0. The summed E-state index contributed by atoms with van der Waals surface area (Å²) < 4.78 is 1.44. The van der Waals surface area contributed by atoms with Crippen LogP contribution in [0.4, 0.5) is 5.69 Å². The second-order valence-electron chi connectivity index (χ2n) is 8.62. The van der Waals surface area contributed by atoms with E-state index < -0.39 is 17.9 Å². The van der Waals surface area contributed by atoms with E-state index in [1.165, 1.54) is 22.1 Å². The number of benzene rings is 2. The molecule has 6 rings (SSSR count). The van der Waals surface area contributed by atoms with Crippen LogP contribution < -0.4 is 10.6 Å². The van der Waals surface area contributed by atoms with Crippen molar-refractivity contribution in [3.05, 3.63) is 71.8 Å². The molecule has 0 radical (unpaired) electrons. The maximum absolute atomic E-state index is 12.9. The first-order valence-corrected chi connectivity index (χ1v) is 11.4. The zero-order valence-corrected chi connectivity index (χ0v) is 19.2. The average Bonchev–Trinajstić information content (AvgIpc) is 3.65. The molecule has 4 amide bonds. The van der Waals surface area contributed by atoms with E-state index in [1.807, 2.05) is 6.07 Å². The Morgan fingerprint density at radius 3 is 2.76 bits per heavy atom. The minimum atomic E-state index is -0.692. The molecule has 1 atom stereocenters. The summed E-state index contributed by atoms with van der Waals surface area (Å²) in [4.78, 5) is 55.2. The van der Waals surface area contributed by atoms with Crippen molar-refractivity contribution in [2.45, 2.75) is 25.4 Å². The Labute approximate surface area is 208 Å². The number of hydrogen-bond donors (Lipinski definition) is 3. The molecule has 0 spiro atoms. The van der Waals surface area contributed by atoms with Gasteiger partial charge < -0.3 is 10.2 Å². The number of carbonyl (C=O) groups excluding carboxylic acids is 4. The summed E-state index contributed by atoms with van der Waals surface area (Å²) in [6.07, 6.45) is 3.35. The first-order valence-electron chi connectivity index (χ1n) is 11.4. The Kier molecular flexibility index (Phi) is 5.29. The molecule has 2 aromatic carbocycles. The van der Waals surface area contributed by atoms with Gasteiger partial charge in [-0.25, -0.2) is 9.67 Å². The lowest BCUT2D eigenvalue weighted by Crippen LogP contribution is -2.52. The summed E-state index contributed by atoms with van der Waals surface area (Å²) in [5.74, 6) is -1.01. The second kappa shape index (κ2) is 8.78. The predicted molar refractivity (Wildman–Crippen MR) is 127 cm³/mol. The highest BCUT2D eigenvalue weighted by atomic mass is 16.2. The quantitative estimate of drug-likeness (QED) is 0.344. The van der Waals surface area contributed by atoms with Crippen molar-refractivity contribution in [2.75, 3.05) is 5.32 Å². The normalized spacial score (nSPS) is 17.0. The number of aromatic nitrogens is 6. The van der Waals surface area contributed by atoms with E-state index in [2.05, 4.69) is 36.1 Å². The van der Waals surface area contributed by atoms with Gasteiger partial charge in [-0.05, 0) is 42.3 Å². The lowest BCUT2D eigenvalue weighted by Gasteiger charge is -2.29. The van der Waals surface area contributed by atoms with Crippen LogP contribution in [0.15, 0.2) is 55.0 Å². The van der Waals surface area contributed by atoms with Crippen molar-refractivity contribution >= 4 is 29.3 Å². The molecule has 0 aliphatic carbocycles. The maximum Gasteiger partial charge on any atom is 0.277 e. The van der Waals surface area contributed by atoms with Gasteiger partial charge in [0, 0.05) is 24.1 Å². The Bertz CT molecular complexity index is 1560. The van der Waals surface area contributed by atoms with E-state index in [1.54, 1.807) is 36.4 Å². The fourth-order valence-electron chi connectivity index (χ4n) is 4.52. The number of hydrogen-bond acceptors (Lipinski definition) is 8. The summed E-state index contributed by atoms with van der Waals surface area (Å²) in [7, 11) is 0. The van der Waals surface area contributed by atoms with Gasteiger partial charge in [-0.1, -0.05) is 17.3 Å². The molecule has 2 aliphatic rings. The van der Waals surface area contributed by atoms with E-state index in [0.29, 0.717) is 34.7 Å². The largest absolute Gasteiger partial charge is 0.322 e. The Morgan fingerprint density at radius 1 is 1.08 bits per heavy atom. The standard InChI is InChI=1S/C24H19N9O4/c34-20-8-7-19(23(36)28-20)32-10-13-9-14(5-6-15(13)24(32)37)33-11-18(29-31-33)22(35)27-17-4-2-1-3-16(17)21-25-12-26-30-21/h1-6,9,11-12,19H,7-8,10H2,(H,27,35)(H,25,26,30)(H,28,34,36). The van der Waals surface area contributed by atoms with Gasteiger partial charge in [0.1, 0.15) is 12.4 Å². The number of anilines is 1. The molecule has 13 nitrogen and oxygen atoms in total. The Hall–Kier alpha value is -5.20. The van der Waals surface area contributed by atoms with E-state index >= 15 is 0 Å². The summed E-state index contributed by atoms with van der Waals surface area (Å²) in [6.45, 7) is 0.231. The van der Waals surface area contributed by atoms with Crippen molar-refractivity contribution in [3.63, 3.8) is 0 Å². The lowest BCUT2D eigenvalue weighted by atomic mass is 10.0. The summed E-state index contributed by atoms with van der Waals surface area (Å²) in [5, 5.41) is 19.8. The molecule has 2 aromatic heterocycles. The first-order chi connectivity index (χ1) is 18.0. The number of nitrogens with zero attached hydrogens (tertiary/aromatic N) is 6. The minimum Gasteiger partial charge on any atom is -0.322 e. The monoisotopic (exact) mass is 497 g/mol.